The van der Waals surface area contributed by atoms with Gasteiger partial charge in [-0.15, -0.1) is 15.3 Å². The molecule has 0 spiro atoms. The van der Waals surface area contributed by atoms with Crippen molar-refractivity contribution in [2.24, 2.45) is 0 Å². The molecular formula is C23H19F4N5O3. The van der Waals surface area contributed by atoms with E-state index in [-0.39, 0.29) is 30.6 Å². The lowest BCUT2D eigenvalue weighted by Gasteiger charge is -2.16. The molecule has 35 heavy (non-hydrogen) atoms. The van der Waals surface area contributed by atoms with E-state index in [1.807, 2.05) is 0 Å². The minimum absolute atomic E-state index is 0.0640. The smallest absolute Gasteiger partial charge is 0.416 e. The minimum Gasteiger partial charge on any atom is -0.481 e. The second kappa shape index (κ2) is 9.95. The summed E-state index contributed by atoms with van der Waals surface area (Å²) in [6, 6.07) is 13.2. The van der Waals surface area contributed by atoms with Crippen molar-refractivity contribution in [3.8, 4) is 23.0 Å². The molecule has 12 heteroatoms. The molecule has 2 aromatic carbocycles. The van der Waals surface area contributed by atoms with Gasteiger partial charge >= 0.3 is 6.18 Å². The van der Waals surface area contributed by atoms with E-state index < -0.39 is 23.8 Å². The quantitative estimate of drug-likeness (QED) is 0.298. The van der Waals surface area contributed by atoms with Gasteiger partial charge in [0.2, 0.25) is 5.88 Å². The number of halogens is 4. The van der Waals surface area contributed by atoms with Gasteiger partial charge in [0.1, 0.15) is 18.2 Å². The van der Waals surface area contributed by atoms with Crippen LogP contribution in [-0.2, 0) is 11.0 Å². The zero-order valence-electron chi connectivity index (χ0n) is 18.3. The molecule has 1 atom stereocenters. The summed E-state index contributed by atoms with van der Waals surface area (Å²) in [7, 11) is 0. The maximum Gasteiger partial charge on any atom is 0.416 e. The molecule has 0 fully saturated rings. The maximum atomic E-state index is 13.2. The fraction of sp³-hybridized carbons (Fsp3) is 0.217. The van der Waals surface area contributed by atoms with Crippen LogP contribution in [0.15, 0.2) is 60.7 Å². The SMILES string of the molecule is CC(Oc1cccc(C(F)(F)F)c1)C(=O)NCCOc1ccc2nnc(-c3ccc(F)cc3)n2n1. The molecule has 2 heterocycles. The third kappa shape index (κ3) is 5.83. The van der Waals surface area contributed by atoms with Crippen molar-refractivity contribution in [3.05, 3.63) is 72.0 Å². The number of rotatable bonds is 8. The van der Waals surface area contributed by atoms with E-state index in [4.69, 9.17) is 9.47 Å². The van der Waals surface area contributed by atoms with Gasteiger partial charge in [0.15, 0.2) is 17.6 Å². The number of nitrogens with one attached hydrogen (secondary N) is 1. The summed E-state index contributed by atoms with van der Waals surface area (Å²) < 4.78 is 64.0. The third-order valence-corrected chi connectivity index (χ3v) is 4.84. The molecule has 0 bridgehead atoms. The van der Waals surface area contributed by atoms with E-state index in [1.54, 1.807) is 24.3 Å². The number of carbonyl (C=O) groups excluding carboxylic acids is 1. The van der Waals surface area contributed by atoms with Crippen molar-refractivity contribution in [2.75, 3.05) is 13.2 Å². The van der Waals surface area contributed by atoms with Crippen LogP contribution in [0.4, 0.5) is 17.6 Å². The first-order chi connectivity index (χ1) is 16.7. The average molecular weight is 489 g/mol. The van der Waals surface area contributed by atoms with E-state index in [9.17, 15) is 22.4 Å². The predicted octanol–water partition coefficient (Wildman–Crippen LogP) is 3.91. The summed E-state index contributed by atoms with van der Waals surface area (Å²) in [5, 5.41) is 15.0. The molecule has 182 valence electrons. The molecule has 4 aromatic rings. The lowest BCUT2D eigenvalue weighted by molar-refractivity contribution is -0.137. The first-order valence-electron chi connectivity index (χ1n) is 10.4. The molecule has 1 unspecified atom stereocenters. The number of hydrogen-bond donors (Lipinski definition) is 1. The summed E-state index contributed by atoms with van der Waals surface area (Å²) in [5.74, 6) is -0.326. The van der Waals surface area contributed by atoms with Crippen LogP contribution in [0.1, 0.15) is 12.5 Å². The van der Waals surface area contributed by atoms with Crippen molar-refractivity contribution in [1.29, 1.82) is 0 Å². The van der Waals surface area contributed by atoms with Gasteiger partial charge in [0, 0.05) is 11.6 Å². The number of hydrogen-bond acceptors (Lipinski definition) is 6. The van der Waals surface area contributed by atoms with Crippen molar-refractivity contribution >= 4 is 11.6 Å². The van der Waals surface area contributed by atoms with Crippen LogP contribution >= 0.6 is 0 Å². The van der Waals surface area contributed by atoms with Gasteiger partial charge in [-0.3, -0.25) is 4.79 Å². The Kier molecular flexibility index (Phi) is 6.80. The van der Waals surface area contributed by atoms with Crippen molar-refractivity contribution in [2.45, 2.75) is 19.2 Å². The number of fused-ring (bicyclic) bond motifs is 1. The van der Waals surface area contributed by atoms with Gasteiger partial charge in [-0.25, -0.2) is 4.39 Å². The fourth-order valence-corrected chi connectivity index (χ4v) is 3.10. The highest BCUT2D eigenvalue weighted by atomic mass is 19.4. The second-order valence-corrected chi connectivity index (χ2v) is 7.40. The second-order valence-electron chi connectivity index (χ2n) is 7.40. The Morgan fingerprint density at radius 3 is 2.60 bits per heavy atom. The summed E-state index contributed by atoms with van der Waals surface area (Å²) in [5.41, 5.74) is 0.215. The van der Waals surface area contributed by atoms with Gasteiger partial charge in [0.25, 0.3) is 5.91 Å². The topological polar surface area (TPSA) is 90.6 Å². The Balaban J connectivity index is 1.30. The molecule has 2 aromatic heterocycles. The van der Waals surface area contributed by atoms with E-state index in [1.165, 1.54) is 35.7 Å². The number of carbonyl (C=O) groups is 1. The summed E-state index contributed by atoms with van der Waals surface area (Å²) >= 11 is 0. The van der Waals surface area contributed by atoms with Gasteiger partial charge in [-0.2, -0.15) is 17.7 Å². The molecule has 0 aliphatic carbocycles. The Morgan fingerprint density at radius 1 is 1.09 bits per heavy atom. The molecule has 4 rings (SSSR count). The highest BCUT2D eigenvalue weighted by Crippen LogP contribution is 2.31. The average Bonchev–Trinajstić information content (AvgIpc) is 3.25. The Hall–Kier alpha value is -4.22. The van der Waals surface area contributed by atoms with Crippen LogP contribution in [0, 0.1) is 5.82 Å². The molecule has 0 saturated carbocycles. The fourth-order valence-electron chi connectivity index (χ4n) is 3.10. The van der Waals surface area contributed by atoms with Crippen molar-refractivity contribution in [3.63, 3.8) is 0 Å². The van der Waals surface area contributed by atoms with Crippen LogP contribution in [-0.4, -0.2) is 45.0 Å². The van der Waals surface area contributed by atoms with E-state index in [0.29, 0.717) is 17.0 Å². The molecule has 1 amide bonds. The highest BCUT2D eigenvalue weighted by molar-refractivity contribution is 5.80. The van der Waals surface area contributed by atoms with Crippen molar-refractivity contribution in [1.82, 2.24) is 25.1 Å². The Morgan fingerprint density at radius 2 is 1.86 bits per heavy atom. The zero-order valence-corrected chi connectivity index (χ0v) is 18.3. The number of ether oxygens (including phenoxy) is 2. The molecule has 8 nitrogen and oxygen atoms in total. The molecular weight excluding hydrogens is 470 g/mol. The largest absolute Gasteiger partial charge is 0.481 e. The monoisotopic (exact) mass is 489 g/mol. The van der Waals surface area contributed by atoms with Crippen LogP contribution in [0.25, 0.3) is 17.0 Å². The van der Waals surface area contributed by atoms with Gasteiger partial charge in [-0.1, -0.05) is 6.07 Å². The molecule has 0 saturated heterocycles. The lowest BCUT2D eigenvalue weighted by atomic mass is 10.2. The van der Waals surface area contributed by atoms with E-state index in [0.717, 1.165) is 12.1 Å². The Labute approximate surface area is 196 Å². The van der Waals surface area contributed by atoms with Crippen LogP contribution in [0.2, 0.25) is 0 Å². The van der Waals surface area contributed by atoms with E-state index in [2.05, 4.69) is 20.6 Å². The van der Waals surface area contributed by atoms with Crippen LogP contribution < -0.4 is 14.8 Å². The molecule has 1 N–H and O–H groups in total. The molecule has 0 aliphatic heterocycles. The summed E-state index contributed by atoms with van der Waals surface area (Å²) in [6.07, 6.45) is -5.53. The Bertz CT molecular complexity index is 1320. The standard InChI is InChI=1S/C23H19F4N5O3/c1-14(35-18-4-2-3-16(13-18)23(25,26)27)22(33)28-11-12-34-20-10-9-19-29-30-21(32(19)31-20)15-5-7-17(24)8-6-15/h2-10,13-14H,11-12H2,1H3,(H,28,33). The van der Waals surface area contributed by atoms with Crippen LogP contribution in [0.5, 0.6) is 11.6 Å². The van der Waals surface area contributed by atoms with Gasteiger partial charge in [0.05, 0.1) is 12.1 Å². The number of amides is 1. The molecule has 0 radical (unpaired) electrons. The highest BCUT2D eigenvalue weighted by Gasteiger charge is 2.30. The summed E-state index contributed by atoms with van der Waals surface area (Å²) in [4.78, 5) is 12.2. The minimum atomic E-state index is -4.51. The zero-order chi connectivity index (χ0) is 25.0. The number of aromatic nitrogens is 4. The normalized spacial score (nSPS) is 12.4. The number of nitrogens with zero attached hydrogens (tertiary/aromatic N) is 4. The first-order valence-corrected chi connectivity index (χ1v) is 10.4. The summed E-state index contributed by atoms with van der Waals surface area (Å²) in [6.45, 7) is 1.59. The van der Waals surface area contributed by atoms with Crippen molar-refractivity contribution < 1.29 is 31.8 Å². The number of alkyl halides is 3. The maximum absolute atomic E-state index is 13.2. The van der Waals surface area contributed by atoms with E-state index >= 15 is 0 Å². The predicted molar refractivity (Wildman–Crippen MR) is 116 cm³/mol. The van der Waals surface area contributed by atoms with Gasteiger partial charge < -0.3 is 14.8 Å². The number of benzene rings is 2. The lowest BCUT2D eigenvalue weighted by Crippen LogP contribution is -2.38. The van der Waals surface area contributed by atoms with Gasteiger partial charge in [-0.05, 0) is 55.5 Å². The molecule has 0 aliphatic rings. The van der Waals surface area contributed by atoms with Crippen LogP contribution in [0.3, 0.4) is 0 Å². The third-order valence-electron chi connectivity index (χ3n) is 4.84. The first kappa shape index (κ1) is 23.9.